The Bertz CT molecular complexity index is 5520. The van der Waals surface area contributed by atoms with Crippen molar-refractivity contribution in [2.24, 2.45) is 0 Å². The summed E-state index contributed by atoms with van der Waals surface area (Å²) in [6, 6.07) is 137. The maximum Gasteiger partial charge on any atom is 3.00 e. The van der Waals surface area contributed by atoms with E-state index in [4.69, 9.17) is 29.9 Å². The first-order valence-electron chi connectivity index (χ1n) is 39.6. The molecule has 8 heteroatoms. The molecule has 0 N–H and O–H groups in total. The molecule has 6 heterocycles. The summed E-state index contributed by atoms with van der Waals surface area (Å²) in [7, 11) is 0. The van der Waals surface area contributed by atoms with Gasteiger partial charge in [0.05, 0.1) is 0 Å². The van der Waals surface area contributed by atoms with E-state index in [-0.39, 0.29) is 75.7 Å². The van der Waals surface area contributed by atoms with E-state index >= 15 is 0 Å². The fourth-order valence-electron chi connectivity index (χ4n) is 18.1. The molecule has 116 heavy (non-hydrogen) atoms. The quantitative estimate of drug-likeness (QED) is 0.0797. The van der Waals surface area contributed by atoms with Crippen LogP contribution in [0.5, 0.6) is 0 Å². The number of hydrogen-bond donors (Lipinski definition) is 0. The van der Waals surface area contributed by atoms with Gasteiger partial charge in [0.1, 0.15) is 0 Å². The van der Waals surface area contributed by atoms with Gasteiger partial charge in [0, 0.05) is 48.4 Å². The van der Waals surface area contributed by atoms with Gasteiger partial charge in [0.25, 0.3) is 0 Å². The van der Waals surface area contributed by atoms with Crippen molar-refractivity contribution in [2.75, 3.05) is 0 Å². The monoisotopic (exact) mass is 1840 g/mol. The van der Waals surface area contributed by atoms with E-state index in [9.17, 15) is 0 Å². The van der Waals surface area contributed by atoms with Crippen LogP contribution >= 0.6 is 0 Å². The van der Waals surface area contributed by atoms with Crippen LogP contribution in [0, 0.1) is 36.4 Å². The first kappa shape index (κ1) is 76.3. The number of pyridine rings is 6. The second-order valence-electron chi connectivity index (χ2n) is 30.2. The maximum atomic E-state index is 5.25. The minimum Gasteiger partial charge on any atom is -0.351 e. The largest absolute Gasteiger partial charge is 3.00 e. The number of aromatic nitrogens is 6. The third-order valence-corrected chi connectivity index (χ3v) is 23.5. The SMILES string of the molecule is [Ir+3].[Ir+3].[c-]1ccccc1-c1ccc(-c2ccccc2C2CC(c3ccccc3-c3ccc(-c4[c-]cccc4)nc3)CC(c3ccccc3-c3ccc(-c4[c-]c[c-]c(-c5ccc(-c6ccccc6C6CC(c7ccccc7-c7ccc(-c8[c-]cccc8)nc7)CC(c7ccccc7-c7ccc(-c8[c-]cccc8)nc7)C6)cn5)c4)nc3)C2)cn1. The van der Waals surface area contributed by atoms with E-state index in [0.29, 0.717) is 0 Å². The summed E-state index contributed by atoms with van der Waals surface area (Å²) >= 11 is 0. The van der Waals surface area contributed by atoms with Crippen LogP contribution < -0.4 is 0 Å². The molecule has 17 aromatic rings. The number of nitrogens with zero attached hydrogens (tertiary/aromatic N) is 6. The molecule has 558 valence electrons. The van der Waals surface area contributed by atoms with E-state index in [2.05, 4.69) is 298 Å². The summed E-state index contributed by atoms with van der Waals surface area (Å²) in [4.78, 5) is 30.5. The number of rotatable bonds is 18. The van der Waals surface area contributed by atoms with Crippen molar-refractivity contribution < 1.29 is 40.2 Å². The van der Waals surface area contributed by atoms with Crippen molar-refractivity contribution in [3.05, 3.63) is 435 Å². The summed E-state index contributed by atoms with van der Waals surface area (Å²) in [5.74, 6) is 1.38. The van der Waals surface area contributed by atoms with Crippen LogP contribution in [0.3, 0.4) is 0 Å². The Kier molecular flexibility index (Phi) is 23.1. The smallest absolute Gasteiger partial charge is 0.351 e. The fraction of sp³-hybridized carbons (Fsp3) is 0.111. The Morgan fingerprint density at radius 3 is 0.560 bits per heavy atom. The molecule has 2 fully saturated rings. The zero-order chi connectivity index (χ0) is 75.9. The molecule has 0 spiro atoms. The summed E-state index contributed by atoms with van der Waals surface area (Å²) in [6.07, 6.45) is 18.2. The molecule has 2 aliphatic carbocycles. The van der Waals surface area contributed by atoms with Gasteiger partial charge in [-0.25, -0.2) is 12.1 Å². The Balaban J connectivity index is 0.00000484. The van der Waals surface area contributed by atoms with Gasteiger partial charge in [-0.1, -0.05) is 212 Å². The van der Waals surface area contributed by atoms with E-state index in [1.54, 1.807) is 0 Å². The second-order valence-corrected chi connectivity index (χ2v) is 30.2. The third kappa shape index (κ3) is 16.2. The Morgan fingerprint density at radius 1 is 0.190 bits per heavy atom. The van der Waals surface area contributed by atoms with Gasteiger partial charge in [-0.15, -0.1) is 150 Å². The molecule has 6 nitrogen and oxygen atoms in total. The third-order valence-electron chi connectivity index (χ3n) is 23.5. The van der Waals surface area contributed by atoms with E-state index in [1.165, 1.54) is 66.8 Å². The topological polar surface area (TPSA) is 77.3 Å². The maximum absolute atomic E-state index is 5.25. The van der Waals surface area contributed by atoms with Gasteiger partial charge in [-0.3, -0.25) is 22.7 Å². The van der Waals surface area contributed by atoms with Crippen LogP contribution in [0.1, 0.15) is 107 Å². The average molecular weight is 1840 g/mol. The van der Waals surface area contributed by atoms with Crippen molar-refractivity contribution >= 4 is 0 Å². The van der Waals surface area contributed by atoms with Crippen LogP contribution in [-0.4, -0.2) is 29.9 Å². The van der Waals surface area contributed by atoms with E-state index in [0.717, 1.165) is 139 Å². The van der Waals surface area contributed by atoms with Gasteiger partial charge < -0.3 is 24.9 Å². The van der Waals surface area contributed by atoms with Crippen LogP contribution in [0.2, 0.25) is 0 Å². The minimum atomic E-state index is 0. The summed E-state index contributed by atoms with van der Waals surface area (Å²) < 4.78 is 0. The van der Waals surface area contributed by atoms with Crippen molar-refractivity contribution in [1.29, 1.82) is 0 Å². The predicted octanol–water partition coefficient (Wildman–Crippen LogP) is 26.5. The number of benzene rings is 11. The van der Waals surface area contributed by atoms with Gasteiger partial charge >= 0.3 is 40.2 Å². The van der Waals surface area contributed by atoms with Gasteiger partial charge in [0.2, 0.25) is 0 Å². The van der Waals surface area contributed by atoms with Crippen LogP contribution in [0.15, 0.2) is 365 Å². The van der Waals surface area contributed by atoms with Crippen molar-refractivity contribution in [3.8, 4) is 134 Å². The molecule has 2 aliphatic rings. The van der Waals surface area contributed by atoms with Crippen LogP contribution in [-0.2, 0) is 40.2 Å². The van der Waals surface area contributed by atoms with Gasteiger partial charge in [-0.05, 0) is 197 Å². The minimum absolute atomic E-state index is 0. The molecule has 2 saturated carbocycles. The molecule has 0 radical (unpaired) electrons. The molecular formula is C108H78Ir2N6. The normalized spacial score (nSPS) is 16.4. The zero-order valence-corrected chi connectivity index (χ0v) is 68.5. The molecule has 19 rings (SSSR count). The molecule has 0 saturated heterocycles. The van der Waals surface area contributed by atoms with Crippen LogP contribution in [0.25, 0.3) is 134 Å². The van der Waals surface area contributed by atoms with E-state index in [1.807, 2.05) is 104 Å². The van der Waals surface area contributed by atoms with Gasteiger partial charge in [0.15, 0.2) is 0 Å². The molecule has 4 unspecified atom stereocenters. The zero-order valence-electron chi connectivity index (χ0n) is 63.7. The summed E-state index contributed by atoms with van der Waals surface area (Å²) in [5, 5.41) is 0. The predicted molar refractivity (Wildman–Crippen MR) is 461 cm³/mol. The Morgan fingerprint density at radius 2 is 0.379 bits per heavy atom. The molecule has 4 atom stereocenters. The molecule has 0 bridgehead atoms. The van der Waals surface area contributed by atoms with Crippen molar-refractivity contribution in [2.45, 2.75) is 74.0 Å². The standard InChI is InChI=1S/C108H78N6.2Ir/c1-5-26-73(27-6-1)103-54-48-79(67-109-103)91-36-13-19-42-97(91)85-61-86(98-43-20-14-37-92(98)80-49-55-104(110-68-80)74-28-7-2-8-29-74)64-89(63-85)101-46-23-17-40-95(101)83-52-58-107(113-71-83)77-34-25-35-78(60-77)108-59-53-84(72-114-108)96-41-18-24-47-102(96)90-65-87(99-44-21-15-38-93(99)81-50-56-105(111-69-81)75-30-9-3-10-31-75)62-88(66-90)100-45-22-16-39-94(100)82-51-57-106(112-70-82)76-32-11-4-12-33-76;;/h1-26,28,30,32,36-60,67-72,85-90H,61-66H2;;/q-6;2*+3. The molecule has 0 aliphatic heterocycles. The molecular weight excluding hydrogens is 1770 g/mol. The average Bonchev–Trinajstić information content (AvgIpc) is 0.770. The molecule has 11 aromatic carbocycles. The summed E-state index contributed by atoms with van der Waals surface area (Å²) in [5.41, 5.74) is 32.9. The number of hydrogen-bond acceptors (Lipinski definition) is 6. The molecule has 6 aromatic heterocycles. The van der Waals surface area contributed by atoms with Crippen molar-refractivity contribution in [1.82, 2.24) is 29.9 Å². The van der Waals surface area contributed by atoms with E-state index < -0.39 is 0 Å². The Labute approximate surface area is 707 Å². The molecule has 0 amide bonds. The first-order chi connectivity index (χ1) is 56.5. The Hall–Kier alpha value is -12.4. The van der Waals surface area contributed by atoms with Crippen LogP contribution in [0.4, 0.5) is 0 Å². The fourth-order valence-corrected chi connectivity index (χ4v) is 18.1. The second kappa shape index (κ2) is 35.2. The van der Waals surface area contributed by atoms with Crippen molar-refractivity contribution in [3.63, 3.8) is 0 Å². The summed E-state index contributed by atoms with van der Waals surface area (Å²) in [6.45, 7) is 0. The first-order valence-corrected chi connectivity index (χ1v) is 39.6. The van der Waals surface area contributed by atoms with Gasteiger partial charge in [-0.2, -0.15) is 5.56 Å².